The molecule has 32 heavy (non-hydrogen) atoms. The highest BCUT2D eigenvalue weighted by atomic mass is 16.5. The first-order valence-corrected chi connectivity index (χ1v) is 10.2. The Bertz CT molecular complexity index is 1370. The monoisotopic (exact) mass is 420 g/mol. The Morgan fingerprint density at radius 1 is 0.750 bits per heavy atom. The smallest absolute Gasteiger partial charge is 0.282 e. The average molecular weight is 420 g/mol. The predicted molar refractivity (Wildman–Crippen MR) is 126 cm³/mol. The molecule has 1 aliphatic rings. The van der Waals surface area contributed by atoms with E-state index in [0.29, 0.717) is 28.3 Å². The van der Waals surface area contributed by atoms with Gasteiger partial charge in [-0.3, -0.25) is 9.59 Å². The van der Waals surface area contributed by atoms with Crippen molar-refractivity contribution in [1.29, 1.82) is 0 Å². The number of fused-ring (bicyclic) bond motifs is 1. The number of hydrogen-bond acceptors (Lipinski definition) is 4. The van der Waals surface area contributed by atoms with Crippen LogP contribution >= 0.6 is 0 Å². The maximum atomic E-state index is 13.7. The fraction of sp³-hybridized carbons (Fsp3) is 0.0370. The molecule has 0 spiro atoms. The maximum Gasteiger partial charge on any atom is 0.282 e. The van der Waals surface area contributed by atoms with Crippen molar-refractivity contribution >= 4 is 39.5 Å². The topological polar surface area (TPSA) is 58.6 Å². The van der Waals surface area contributed by atoms with Crippen LogP contribution in [0.2, 0.25) is 0 Å². The number of nitrogens with one attached hydrogen (secondary N) is 1. The summed E-state index contributed by atoms with van der Waals surface area (Å²) in [6, 6.07) is 29.8. The van der Waals surface area contributed by atoms with Gasteiger partial charge in [-0.15, -0.1) is 0 Å². The highest BCUT2D eigenvalue weighted by molar-refractivity contribution is 6.47. The van der Waals surface area contributed by atoms with Crippen LogP contribution in [-0.2, 0) is 9.59 Å². The highest BCUT2D eigenvalue weighted by Crippen LogP contribution is 2.37. The van der Waals surface area contributed by atoms with Crippen LogP contribution in [0, 0.1) is 0 Å². The number of anilines is 2. The molecule has 156 valence electrons. The zero-order valence-electron chi connectivity index (χ0n) is 17.4. The van der Waals surface area contributed by atoms with Crippen LogP contribution in [0.3, 0.4) is 0 Å². The van der Waals surface area contributed by atoms with Crippen molar-refractivity contribution in [3.8, 4) is 5.75 Å². The minimum atomic E-state index is -0.395. The summed E-state index contributed by atoms with van der Waals surface area (Å²) in [7, 11) is 1.58. The van der Waals surface area contributed by atoms with Crippen LogP contribution < -0.4 is 15.0 Å². The molecular formula is C27H20N2O3. The largest absolute Gasteiger partial charge is 0.497 e. The molecule has 1 aliphatic heterocycles. The fourth-order valence-corrected chi connectivity index (χ4v) is 3.99. The Morgan fingerprint density at radius 2 is 1.47 bits per heavy atom. The highest BCUT2D eigenvalue weighted by Gasteiger charge is 2.40. The van der Waals surface area contributed by atoms with E-state index in [1.807, 2.05) is 84.9 Å². The summed E-state index contributed by atoms with van der Waals surface area (Å²) in [6.45, 7) is 0. The SMILES string of the molecule is COc1cccc(NC2=C(c3ccccc3)C(=O)N(c3cccc4ccccc34)C2=O)c1. The molecule has 0 aromatic heterocycles. The quantitative estimate of drug-likeness (QED) is 0.448. The molecule has 0 saturated carbocycles. The molecule has 0 radical (unpaired) electrons. The molecule has 5 heteroatoms. The first kappa shape index (κ1) is 19.6. The van der Waals surface area contributed by atoms with Crippen LogP contribution in [0.25, 0.3) is 16.3 Å². The predicted octanol–water partition coefficient (Wildman–Crippen LogP) is 5.25. The van der Waals surface area contributed by atoms with Crippen molar-refractivity contribution in [2.75, 3.05) is 17.3 Å². The maximum absolute atomic E-state index is 13.7. The third-order valence-corrected chi connectivity index (χ3v) is 5.49. The summed E-state index contributed by atoms with van der Waals surface area (Å²) >= 11 is 0. The van der Waals surface area contributed by atoms with Gasteiger partial charge in [-0.2, -0.15) is 0 Å². The number of rotatable bonds is 5. The van der Waals surface area contributed by atoms with E-state index < -0.39 is 5.91 Å². The molecule has 0 unspecified atom stereocenters. The van der Waals surface area contributed by atoms with Crippen molar-refractivity contribution in [3.05, 3.63) is 108 Å². The van der Waals surface area contributed by atoms with Gasteiger partial charge in [-0.05, 0) is 29.1 Å². The number of benzene rings is 4. The van der Waals surface area contributed by atoms with Gasteiger partial charge < -0.3 is 10.1 Å². The van der Waals surface area contributed by atoms with Crippen LogP contribution in [0.5, 0.6) is 5.75 Å². The molecule has 4 aromatic carbocycles. The summed E-state index contributed by atoms with van der Waals surface area (Å²) in [5.74, 6) is -0.101. The minimum absolute atomic E-state index is 0.238. The Morgan fingerprint density at radius 3 is 2.28 bits per heavy atom. The summed E-state index contributed by atoms with van der Waals surface area (Å²) in [5, 5.41) is 4.98. The molecule has 5 rings (SSSR count). The molecule has 0 fully saturated rings. The summed E-state index contributed by atoms with van der Waals surface area (Å²) < 4.78 is 5.30. The van der Waals surface area contributed by atoms with E-state index in [-0.39, 0.29) is 11.6 Å². The Labute approximate surface area is 185 Å². The van der Waals surface area contributed by atoms with Crippen LogP contribution in [0.15, 0.2) is 103 Å². The van der Waals surface area contributed by atoms with Gasteiger partial charge in [0.2, 0.25) is 0 Å². The van der Waals surface area contributed by atoms with Gasteiger partial charge in [0.1, 0.15) is 11.4 Å². The van der Waals surface area contributed by atoms with Crippen LogP contribution in [-0.4, -0.2) is 18.9 Å². The fourth-order valence-electron chi connectivity index (χ4n) is 3.99. The van der Waals surface area contributed by atoms with Crippen LogP contribution in [0.1, 0.15) is 5.56 Å². The number of hydrogen-bond donors (Lipinski definition) is 1. The van der Waals surface area contributed by atoms with Gasteiger partial charge in [0.25, 0.3) is 11.8 Å². The average Bonchev–Trinajstić information content (AvgIpc) is 3.08. The van der Waals surface area contributed by atoms with Crippen molar-refractivity contribution in [2.45, 2.75) is 0 Å². The molecule has 1 heterocycles. The van der Waals surface area contributed by atoms with Crippen molar-refractivity contribution < 1.29 is 14.3 Å². The van der Waals surface area contributed by atoms with E-state index in [0.717, 1.165) is 10.8 Å². The van der Waals surface area contributed by atoms with E-state index in [9.17, 15) is 9.59 Å². The Hall–Kier alpha value is -4.38. The molecule has 0 bridgehead atoms. The van der Waals surface area contributed by atoms with E-state index in [4.69, 9.17) is 4.74 Å². The first-order chi connectivity index (χ1) is 15.7. The molecule has 5 nitrogen and oxygen atoms in total. The number of ether oxygens (including phenoxy) is 1. The van der Waals surface area contributed by atoms with E-state index in [2.05, 4.69) is 5.32 Å². The third kappa shape index (κ3) is 3.30. The second-order valence-corrected chi connectivity index (χ2v) is 7.42. The number of imide groups is 1. The number of carbonyl (C=O) groups is 2. The van der Waals surface area contributed by atoms with Crippen molar-refractivity contribution in [3.63, 3.8) is 0 Å². The van der Waals surface area contributed by atoms with Crippen LogP contribution in [0.4, 0.5) is 11.4 Å². The zero-order valence-corrected chi connectivity index (χ0v) is 17.4. The van der Waals surface area contributed by atoms with Gasteiger partial charge in [-0.25, -0.2) is 4.90 Å². The molecule has 0 saturated heterocycles. The lowest BCUT2D eigenvalue weighted by Gasteiger charge is -2.18. The van der Waals surface area contributed by atoms with Gasteiger partial charge >= 0.3 is 0 Å². The Balaban J connectivity index is 1.65. The van der Waals surface area contributed by atoms with Crippen molar-refractivity contribution in [2.24, 2.45) is 0 Å². The normalized spacial score (nSPS) is 13.7. The molecule has 2 amide bonds. The van der Waals surface area contributed by atoms with E-state index in [1.54, 1.807) is 19.2 Å². The summed E-state index contributed by atoms with van der Waals surface area (Å²) in [5.41, 5.74) is 2.48. The van der Waals surface area contributed by atoms with Gasteiger partial charge in [0.15, 0.2) is 0 Å². The second-order valence-electron chi connectivity index (χ2n) is 7.42. The minimum Gasteiger partial charge on any atom is -0.497 e. The van der Waals surface area contributed by atoms with Gasteiger partial charge in [0.05, 0.1) is 18.4 Å². The van der Waals surface area contributed by atoms with E-state index >= 15 is 0 Å². The molecule has 1 N–H and O–H groups in total. The number of nitrogens with zero attached hydrogens (tertiary/aromatic N) is 1. The zero-order chi connectivity index (χ0) is 22.1. The molecule has 0 atom stereocenters. The van der Waals surface area contributed by atoms with Gasteiger partial charge in [-0.1, -0.05) is 72.8 Å². The van der Waals surface area contributed by atoms with Gasteiger partial charge in [0, 0.05) is 17.1 Å². The molecular weight excluding hydrogens is 400 g/mol. The number of carbonyl (C=O) groups excluding carboxylic acids is 2. The number of amides is 2. The molecule has 0 aliphatic carbocycles. The standard InChI is InChI=1S/C27H20N2O3/c1-32-21-14-8-13-20(17-21)28-25-24(19-10-3-2-4-11-19)26(30)29(27(25)31)23-16-7-12-18-9-5-6-15-22(18)23/h2-17,28H,1H3. The molecule has 4 aromatic rings. The lowest BCUT2D eigenvalue weighted by Crippen LogP contribution is -2.32. The van der Waals surface area contributed by atoms with Crippen molar-refractivity contribution in [1.82, 2.24) is 0 Å². The first-order valence-electron chi connectivity index (χ1n) is 10.2. The summed E-state index contributed by atoms with van der Waals surface area (Å²) in [4.78, 5) is 28.6. The van der Waals surface area contributed by atoms with E-state index in [1.165, 1.54) is 4.90 Å². The Kier molecular flexibility index (Phi) is 4.92. The third-order valence-electron chi connectivity index (χ3n) is 5.49. The number of methoxy groups -OCH3 is 1. The lowest BCUT2D eigenvalue weighted by molar-refractivity contribution is -0.120. The lowest BCUT2D eigenvalue weighted by atomic mass is 10.0. The second kappa shape index (κ2) is 8.04. The summed E-state index contributed by atoms with van der Waals surface area (Å²) in [6.07, 6.45) is 0.